The summed E-state index contributed by atoms with van der Waals surface area (Å²) in [6, 6.07) is 6.37. The molecule has 0 saturated carbocycles. The van der Waals surface area contributed by atoms with E-state index in [1.54, 1.807) is 7.05 Å². The zero-order valence-corrected chi connectivity index (χ0v) is 9.26. The van der Waals surface area contributed by atoms with Gasteiger partial charge in [-0.2, -0.15) is 0 Å². The molecule has 0 aliphatic rings. The number of aryl methyl sites for hydroxylation is 2. The minimum Gasteiger partial charge on any atom is -0.296 e. The summed E-state index contributed by atoms with van der Waals surface area (Å²) in [6.07, 6.45) is 1.89. The summed E-state index contributed by atoms with van der Waals surface area (Å²) < 4.78 is 0. The van der Waals surface area contributed by atoms with Gasteiger partial charge in [-0.05, 0) is 25.0 Å². The van der Waals surface area contributed by atoms with Gasteiger partial charge < -0.3 is 0 Å². The Labute approximate surface area is 81.5 Å². The smallest absolute Gasteiger partial charge is 0.0284 e. The second-order valence-corrected chi connectivity index (χ2v) is 2.75. The summed E-state index contributed by atoms with van der Waals surface area (Å²) >= 11 is 0. The molecule has 0 radical (unpaired) electrons. The molecule has 0 fully saturated rings. The lowest BCUT2D eigenvalue weighted by Gasteiger charge is -1.99. The molecular formula is C12H19N. The second-order valence-electron chi connectivity index (χ2n) is 2.75. The molecule has 0 bridgehead atoms. The molecule has 0 saturated heterocycles. The van der Waals surface area contributed by atoms with Crippen molar-refractivity contribution >= 4 is 6.21 Å². The summed E-state index contributed by atoms with van der Waals surface area (Å²) in [5.74, 6) is 0. The first-order valence-corrected chi connectivity index (χ1v) is 4.73. The molecule has 0 heterocycles. The molecular weight excluding hydrogens is 158 g/mol. The molecule has 1 heteroatoms. The highest BCUT2D eigenvalue weighted by molar-refractivity contribution is 5.81. The van der Waals surface area contributed by atoms with E-state index in [-0.39, 0.29) is 0 Å². The van der Waals surface area contributed by atoms with Crippen LogP contribution in [0.5, 0.6) is 0 Å². The molecule has 0 N–H and O–H groups in total. The summed E-state index contributed by atoms with van der Waals surface area (Å²) in [4.78, 5) is 3.98. The highest BCUT2D eigenvalue weighted by atomic mass is 14.6. The van der Waals surface area contributed by atoms with Crippen LogP contribution in [0.1, 0.15) is 30.5 Å². The van der Waals surface area contributed by atoms with Crippen molar-refractivity contribution in [2.45, 2.75) is 27.7 Å². The molecule has 13 heavy (non-hydrogen) atoms. The lowest BCUT2D eigenvalue weighted by Crippen LogP contribution is -1.87. The topological polar surface area (TPSA) is 12.4 Å². The average molecular weight is 177 g/mol. The molecule has 1 rings (SSSR count). The van der Waals surface area contributed by atoms with Crippen LogP contribution in [0.3, 0.4) is 0 Å². The van der Waals surface area contributed by atoms with E-state index in [1.807, 2.05) is 20.1 Å². The van der Waals surface area contributed by atoms with Crippen LogP contribution in [0.4, 0.5) is 0 Å². The predicted molar refractivity (Wildman–Crippen MR) is 60.8 cm³/mol. The summed E-state index contributed by atoms with van der Waals surface area (Å²) in [5.41, 5.74) is 3.78. The van der Waals surface area contributed by atoms with Gasteiger partial charge in [0.05, 0.1) is 0 Å². The van der Waals surface area contributed by atoms with E-state index >= 15 is 0 Å². The van der Waals surface area contributed by atoms with E-state index in [0.717, 1.165) is 0 Å². The SMILES string of the molecule is CC.CN=Cc1cc(C)ccc1C. The van der Waals surface area contributed by atoms with E-state index in [0.29, 0.717) is 0 Å². The molecule has 1 nitrogen and oxygen atoms in total. The number of benzene rings is 1. The van der Waals surface area contributed by atoms with Crippen LogP contribution in [0.15, 0.2) is 23.2 Å². The molecule has 1 aromatic carbocycles. The van der Waals surface area contributed by atoms with E-state index in [4.69, 9.17) is 0 Å². The third-order valence-electron chi connectivity index (χ3n) is 1.70. The van der Waals surface area contributed by atoms with Crippen LogP contribution < -0.4 is 0 Å². The number of rotatable bonds is 1. The van der Waals surface area contributed by atoms with Crippen LogP contribution in [0, 0.1) is 13.8 Å². The van der Waals surface area contributed by atoms with Crippen molar-refractivity contribution < 1.29 is 0 Å². The Bertz CT molecular complexity index is 274. The maximum Gasteiger partial charge on any atom is 0.0284 e. The number of hydrogen-bond acceptors (Lipinski definition) is 1. The van der Waals surface area contributed by atoms with E-state index in [9.17, 15) is 0 Å². The Kier molecular flexibility index (Phi) is 5.86. The van der Waals surface area contributed by atoms with Gasteiger partial charge in [0.1, 0.15) is 0 Å². The Hall–Kier alpha value is -1.11. The molecule has 1 aromatic rings. The van der Waals surface area contributed by atoms with Gasteiger partial charge in [0.15, 0.2) is 0 Å². The second kappa shape index (κ2) is 6.41. The first-order valence-electron chi connectivity index (χ1n) is 4.73. The molecule has 0 aromatic heterocycles. The fourth-order valence-electron chi connectivity index (χ4n) is 1.04. The summed E-state index contributed by atoms with van der Waals surface area (Å²) in [6.45, 7) is 8.18. The minimum absolute atomic E-state index is 1.22. The quantitative estimate of drug-likeness (QED) is 0.583. The molecule has 0 aliphatic carbocycles. The van der Waals surface area contributed by atoms with Gasteiger partial charge in [-0.1, -0.05) is 37.6 Å². The number of aliphatic imine (C=N–C) groups is 1. The Balaban J connectivity index is 0.000000671. The normalized spacial score (nSPS) is 9.62. The highest BCUT2D eigenvalue weighted by Crippen LogP contribution is 2.07. The number of hydrogen-bond donors (Lipinski definition) is 0. The zero-order chi connectivity index (χ0) is 10.3. The van der Waals surface area contributed by atoms with Crippen LogP contribution in [-0.4, -0.2) is 13.3 Å². The summed E-state index contributed by atoms with van der Waals surface area (Å²) in [5, 5.41) is 0. The summed E-state index contributed by atoms with van der Waals surface area (Å²) in [7, 11) is 1.79. The van der Waals surface area contributed by atoms with Crippen molar-refractivity contribution in [3.05, 3.63) is 34.9 Å². The van der Waals surface area contributed by atoms with Crippen LogP contribution in [-0.2, 0) is 0 Å². The third kappa shape index (κ3) is 3.88. The van der Waals surface area contributed by atoms with Gasteiger partial charge in [0.25, 0.3) is 0 Å². The largest absolute Gasteiger partial charge is 0.296 e. The first kappa shape index (κ1) is 11.9. The lowest BCUT2D eigenvalue weighted by atomic mass is 10.1. The van der Waals surface area contributed by atoms with Gasteiger partial charge in [-0.25, -0.2) is 0 Å². The molecule has 0 atom stereocenters. The van der Waals surface area contributed by atoms with Gasteiger partial charge >= 0.3 is 0 Å². The standard InChI is InChI=1S/C10H13N.C2H6/c1-8-4-5-9(2)10(6-8)7-11-3;1-2/h4-7H,1-3H3;1-2H3. The van der Waals surface area contributed by atoms with E-state index in [1.165, 1.54) is 16.7 Å². The van der Waals surface area contributed by atoms with Crippen molar-refractivity contribution in [3.8, 4) is 0 Å². The van der Waals surface area contributed by atoms with Crippen molar-refractivity contribution in [3.63, 3.8) is 0 Å². The van der Waals surface area contributed by atoms with Crippen LogP contribution in [0.2, 0.25) is 0 Å². The van der Waals surface area contributed by atoms with Crippen LogP contribution >= 0.6 is 0 Å². The average Bonchev–Trinajstić information content (AvgIpc) is 2.15. The Morgan fingerprint density at radius 2 is 1.77 bits per heavy atom. The van der Waals surface area contributed by atoms with Crippen molar-refractivity contribution in [2.75, 3.05) is 7.05 Å². The fourth-order valence-corrected chi connectivity index (χ4v) is 1.04. The molecule has 0 unspecified atom stereocenters. The molecule has 0 aliphatic heterocycles. The molecule has 0 spiro atoms. The lowest BCUT2D eigenvalue weighted by molar-refractivity contribution is 1.37. The van der Waals surface area contributed by atoms with Crippen molar-refractivity contribution in [1.82, 2.24) is 0 Å². The van der Waals surface area contributed by atoms with Crippen molar-refractivity contribution in [2.24, 2.45) is 4.99 Å². The van der Waals surface area contributed by atoms with Gasteiger partial charge in [-0.3, -0.25) is 4.99 Å². The zero-order valence-electron chi connectivity index (χ0n) is 9.26. The van der Waals surface area contributed by atoms with Crippen molar-refractivity contribution in [1.29, 1.82) is 0 Å². The molecule has 0 amide bonds. The number of nitrogens with zero attached hydrogens (tertiary/aromatic N) is 1. The third-order valence-corrected chi connectivity index (χ3v) is 1.70. The Morgan fingerprint density at radius 3 is 2.31 bits per heavy atom. The van der Waals surface area contributed by atoms with Crippen LogP contribution in [0.25, 0.3) is 0 Å². The molecule has 72 valence electrons. The predicted octanol–water partition coefficient (Wildman–Crippen LogP) is 3.38. The highest BCUT2D eigenvalue weighted by Gasteiger charge is 1.93. The maximum absolute atomic E-state index is 3.98. The monoisotopic (exact) mass is 177 g/mol. The van der Waals surface area contributed by atoms with Gasteiger partial charge in [-0.15, -0.1) is 0 Å². The minimum atomic E-state index is 1.22. The van der Waals surface area contributed by atoms with Gasteiger partial charge in [0, 0.05) is 13.3 Å². The Morgan fingerprint density at radius 1 is 1.15 bits per heavy atom. The van der Waals surface area contributed by atoms with E-state index < -0.39 is 0 Å². The fraction of sp³-hybridized carbons (Fsp3) is 0.417. The van der Waals surface area contributed by atoms with E-state index in [2.05, 4.69) is 37.0 Å². The van der Waals surface area contributed by atoms with Gasteiger partial charge in [0.2, 0.25) is 0 Å². The first-order chi connectivity index (χ1) is 6.24. The maximum atomic E-state index is 3.98.